The SMILES string of the molecule is CCC1CSC2(CCC(C)CC2C)N1. The van der Waals surface area contributed by atoms with Gasteiger partial charge in [0.2, 0.25) is 0 Å². The Labute approximate surface area is 92.4 Å². The zero-order valence-corrected chi connectivity index (χ0v) is 10.5. The summed E-state index contributed by atoms with van der Waals surface area (Å²) in [6.07, 6.45) is 5.50. The van der Waals surface area contributed by atoms with E-state index in [0.717, 1.165) is 17.9 Å². The minimum atomic E-state index is 0.452. The van der Waals surface area contributed by atoms with E-state index in [0.29, 0.717) is 4.87 Å². The van der Waals surface area contributed by atoms with Crippen LogP contribution in [0, 0.1) is 11.8 Å². The Hall–Kier alpha value is 0.310. The summed E-state index contributed by atoms with van der Waals surface area (Å²) in [7, 11) is 0. The van der Waals surface area contributed by atoms with Crippen molar-refractivity contribution >= 4 is 11.8 Å². The van der Waals surface area contributed by atoms with Crippen molar-refractivity contribution in [2.24, 2.45) is 11.8 Å². The lowest BCUT2D eigenvalue weighted by Gasteiger charge is -2.42. The lowest BCUT2D eigenvalue weighted by molar-refractivity contribution is 0.199. The molecule has 4 atom stereocenters. The summed E-state index contributed by atoms with van der Waals surface area (Å²) < 4.78 is 0. The van der Waals surface area contributed by atoms with Crippen molar-refractivity contribution in [2.45, 2.75) is 57.4 Å². The van der Waals surface area contributed by atoms with Gasteiger partial charge in [-0.15, -0.1) is 11.8 Å². The molecule has 82 valence electrons. The highest BCUT2D eigenvalue weighted by Gasteiger charge is 2.45. The molecular formula is C12H23NS. The molecule has 1 spiro atoms. The molecule has 0 bridgehead atoms. The van der Waals surface area contributed by atoms with Crippen LogP contribution in [-0.2, 0) is 0 Å². The molecule has 2 heteroatoms. The fourth-order valence-corrected chi connectivity index (χ4v) is 4.66. The van der Waals surface area contributed by atoms with Crippen LogP contribution in [0.5, 0.6) is 0 Å². The largest absolute Gasteiger partial charge is 0.299 e. The highest BCUT2D eigenvalue weighted by molar-refractivity contribution is 8.00. The van der Waals surface area contributed by atoms with E-state index in [4.69, 9.17) is 0 Å². The van der Waals surface area contributed by atoms with E-state index in [1.54, 1.807) is 0 Å². The van der Waals surface area contributed by atoms with Crippen molar-refractivity contribution in [3.05, 3.63) is 0 Å². The molecule has 1 heterocycles. The topological polar surface area (TPSA) is 12.0 Å². The Balaban J connectivity index is 2.02. The summed E-state index contributed by atoms with van der Waals surface area (Å²) in [6.45, 7) is 7.14. The second-order valence-electron chi connectivity index (χ2n) is 5.23. The van der Waals surface area contributed by atoms with E-state index in [-0.39, 0.29) is 0 Å². The van der Waals surface area contributed by atoms with E-state index in [1.165, 1.54) is 31.4 Å². The van der Waals surface area contributed by atoms with Gasteiger partial charge in [0, 0.05) is 11.8 Å². The highest BCUT2D eigenvalue weighted by atomic mass is 32.2. The molecule has 0 radical (unpaired) electrons. The lowest BCUT2D eigenvalue weighted by Crippen LogP contribution is -2.49. The van der Waals surface area contributed by atoms with E-state index in [1.807, 2.05) is 0 Å². The van der Waals surface area contributed by atoms with Crippen molar-refractivity contribution in [1.82, 2.24) is 5.32 Å². The molecule has 2 fully saturated rings. The van der Waals surface area contributed by atoms with Gasteiger partial charge in [-0.25, -0.2) is 0 Å². The van der Waals surface area contributed by atoms with Crippen molar-refractivity contribution < 1.29 is 0 Å². The third kappa shape index (κ3) is 1.83. The maximum Gasteiger partial charge on any atom is 0.0674 e. The number of rotatable bonds is 1. The van der Waals surface area contributed by atoms with Crippen molar-refractivity contribution in [1.29, 1.82) is 0 Å². The zero-order valence-electron chi connectivity index (χ0n) is 9.68. The van der Waals surface area contributed by atoms with Crippen LogP contribution in [0.25, 0.3) is 0 Å². The summed E-state index contributed by atoms with van der Waals surface area (Å²) in [5, 5.41) is 3.89. The van der Waals surface area contributed by atoms with E-state index >= 15 is 0 Å². The van der Waals surface area contributed by atoms with Crippen LogP contribution in [0.2, 0.25) is 0 Å². The van der Waals surface area contributed by atoms with Gasteiger partial charge in [0.05, 0.1) is 4.87 Å². The normalized spacial score (nSPS) is 48.6. The minimum Gasteiger partial charge on any atom is -0.299 e. The quantitative estimate of drug-likeness (QED) is 0.717. The molecule has 4 unspecified atom stereocenters. The first-order valence-corrected chi connectivity index (χ1v) is 7.06. The van der Waals surface area contributed by atoms with Crippen LogP contribution in [0.15, 0.2) is 0 Å². The van der Waals surface area contributed by atoms with Gasteiger partial charge in [0.1, 0.15) is 0 Å². The van der Waals surface area contributed by atoms with Crippen molar-refractivity contribution in [2.75, 3.05) is 5.75 Å². The molecule has 1 N–H and O–H groups in total. The molecule has 1 saturated heterocycles. The molecule has 1 aliphatic carbocycles. The number of hydrogen-bond donors (Lipinski definition) is 1. The molecule has 1 nitrogen and oxygen atoms in total. The second kappa shape index (κ2) is 4.05. The van der Waals surface area contributed by atoms with Gasteiger partial charge in [-0.05, 0) is 37.5 Å². The summed E-state index contributed by atoms with van der Waals surface area (Å²) in [6, 6.07) is 0.774. The average Bonchev–Trinajstić information content (AvgIpc) is 2.58. The van der Waals surface area contributed by atoms with Gasteiger partial charge in [-0.1, -0.05) is 20.8 Å². The van der Waals surface area contributed by atoms with Crippen LogP contribution in [-0.4, -0.2) is 16.7 Å². The summed E-state index contributed by atoms with van der Waals surface area (Å²) in [5.74, 6) is 3.13. The van der Waals surface area contributed by atoms with Gasteiger partial charge in [0.25, 0.3) is 0 Å². The molecule has 2 rings (SSSR count). The third-order valence-corrected chi connectivity index (χ3v) is 5.85. The van der Waals surface area contributed by atoms with Crippen LogP contribution >= 0.6 is 11.8 Å². The Morgan fingerprint density at radius 1 is 1.43 bits per heavy atom. The Bertz CT molecular complexity index is 206. The van der Waals surface area contributed by atoms with E-state index < -0.39 is 0 Å². The summed E-state index contributed by atoms with van der Waals surface area (Å²) in [5.41, 5.74) is 0. The predicted molar refractivity (Wildman–Crippen MR) is 64.6 cm³/mol. The molecule has 14 heavy (non-hydrogen) atoms. The van der Waals surface area contributed by atoms with Gasteiger partial charge in [0.15, 0.2) is 0 Å². The smallest absolute Gasteiger partial charge is 0.0674 e. The molecule has 2 aliphatic rings. The van der Waals surface area contributed by atoms with E-state index in [2.05, 4.69) is 37.8 Å². The Morgan fingerprint density at radius 3 is 2.79 bits per heavy atom. The molecule has 0 aromatic carbocycles. The first-order chi connectivity index (χ1) is 6.66. The number of thioether (sulfide) groups is 1. The van der Waals surface area contributed by atoms with Crippen LogP contribution in [0.4, 0.5) is 0 Å². The molecule has 0 amide bonds. The summed E-state index contributed by atoms with van der Waals surface area (Å²) >= 11 is 2.20. The first-order valence-electron chi connectivity index (χ1n) is 6.08. The maximum atomic E-state index is 3.89. The van der Waals surface area contributed by atoms with Crippen LogP contribution in [0.1, 0.15) is 46.5 Å². The molecule has 0 aromatic rings. The fraction of sp³-hybridized carbons (Fsp3) is 1.00. The third-order valence-electron chi connectivity index (χ3n) is 4.04. The van der Waals surface area contributed by atoms with Crippen molar-refractivity contribution in [3.63, 3.8) is 0 Å². The molecule has 1 aliphatic heterocycles. The van der Waals surface area contributed by atoms with Gasteiger partial charge >= 0.3 is 0 Å². The maximum absolute atomic E-state index is 3.89. The standard InChI is InChI=1S/C12H23NS/c1-4-11-8-14-12(13-11)6-5-9(2)7-10(12)3/h9-11,13H,4-8H2,1-3H3. The van der Waals surface area contributed by atoms with Crippen molar-refractivity contribution in [3.8, 4) is 0 Å². The van der Waals surface area contributed by atoms with Gasteiger partial charge in [-0.3, -0.25) is 5.32 Å². The fourth-order valence-electron chi connectivity index (χ4n) is 2.95. The molecular weight excluding hydrogens is 190 g/mol. The van der Waals surface area contributed by atoms with Crippen LogP contribution in [0.3, 0.4) is 0 Å². The second-order valence-corrected chi connectivity index (χ2v) is 6.58. The zero-order chi connectivity index (χ0) is 10.2. The lowest BCUT2D eigenvalue weighted by atomic mass is 9.79. The molecule has 1 saturated carbocycles. The van der Waals surface area contributed by atoms with Gasteiger partial charge in [-0.2, -0.15) is 0 Å². The average molecular weight is 213 g/mol. The molecule has 0 aromatic heterocycles. The number of hydrogen-bond acceptors (Lipinski definition) is 2. The highest BCUT2D eigenvalue weighted by Crippen LogP contribution is 2.47. The van der Waals surface area contributed by atoms with E-state index in [9.17, 15) is 0 Å². The number of nitrogens with one attached hydrogen (secondary N) is 1. The van der Waals surface area contributed by atoms with Gasteiger partial charge < -0.3 is 0 Å². The first kappa shape index (κ1) is 10.8. The Kier molecular flexibility index (Phi) is 3.13. The summed E-state index contributed by atoms with van der Waals surface area (Å²) in [4.78, 5) is 0.452. The monoisotopic (exact) mass is 213 g/mol. The minimum absolute atomic E-state index is 0.452. The predicted octanol–water partition coefficient (Wildman–Crippen LogP) is 3.25. The van der Waals surface area contributed by atoms with Crippen LogP contribution < -0.4 is 5.32 Å². The Morgan fingerprint density at radius 2 is 2.21 bits per heavy atom.